The first-order valence-electron chi connectivity index (χ1n) is 5.18. The maximum absolute atomic E-state index is 5.72. The first kappa shape index (κ1) is 13.4. The van der Waals surface area contributed by atoms with E-state index >= 15 is 0 Å². The zero-order valence-corrected chi connectivity index (χ0v) is 9.47. The van der Waals surface area contributed by atoms with Gasteiger partial charge in [0.25, 0.3) is 0 Å². The van der Waals surface area contributed by atoms with Crippen LogP contribution in [0.4, 0.5) is 0 Å². The minimum Gasteiger partial charge on any atom is -0.374 e. The number of hydrogen-bond donors (Lipinski definition) is 2. The molecule has 14 heavy (non-hydrogen) atoms. The molecule has 0 heterocycles. The minimum absolute atomic E-state index is 0.114. The molecule has 0 radical (unpaired) electrons. The monoisotopic (exact) mass is 198 g/mol. The molecule has 3 heteroatoms. The Morgan fingerprint density at radius 2 is 2.21 bits per heavy atom. The molecule has 0 rings (SSSR count). The van der Waals surface area contributed by atoms with Crippen LogP contribution in [0.15, 0.2) is 0 Å². The summed E-state index contributed by atoms with van der Waals surface area (Å²) in [6.07, 6.45) is 7.71. The summed E-state index contributed by atoms with van der Waals surface area (Å²) in [6.45, 7) is 6.84. The van der Waals surface area contributed by atoms with E-state index in [0.29, 0.717) is 6.61 Å². The van der Waals surface area contributed by atoms with Crippen LogP contribution in [0.5, 0.6) is 0 Å². The smallest absolute Gasteiger partial charge is 0.0817 e. The molecule has 2 unspecified atom stereocenters. The second-order valence-electron chi connectivity index (χ2n) is 3.56. The van der Waals surface area contributed by atoms with Crippen molar-refractivity contribution in [3.63, 3.8) is 0 Å². The fourth-order valence-corrected chi connectivity index (χ4v) is 1.57. The van der Waals surface area contributed by atoms with E-state index in [-0.39, 0.29) is 11.6 Å². The number of terminal acetylenes is 1. The van der Waals surface area contributed by atoms with Gasteiger partial charge >= 0.3 is 0 Å². The Kier molecular flexibility index (Phi) is 6.56. The standard InChI is InChI=1S/C11H22N2O/c1-5-8-9-10(13-12)11(4,6-2)14-7-3/h1,10,13H,6-9,12H2,2-4H3. The van der Waals surface area contributed by atoms with Gasteiger partial charge in [-0.2, -0.15) is 0 Å². The molecule has 0 aliphatic heterocycles. The summed E-state index contributed by atoms with van der Waals surface area (Å²) in [5.74, 6) is 8.13. The molecule has 3 N–H and O–H groups in total. The zero-order valence-electron chi connectivity index (χ0n) is 9.47. The SMILES string of the molecule is C#CCCC(NN)C(C)(CC)OCC. The van der Waals surface area contributed by atoms with Crippen LogP contribution >= 0.6 is 0 Å². The van der Waals surface area contributed by atoms with Crippen molar-refractivity contribution >= 4 is 0 Å². The number of hydrogen-bond acceptors (Lipinski definition) is 3. The molecular weight excluding hydrogens is 176 g/mol. The maximum Gasteiger partial charge on any atom is 0.0817 e. The summed E-state index contributed by atoms with van der Waals surface area (Å²) >= 11 is 0. The molecule has 0 amide bonds. The highest BCUT2D eigenvalue weighted by Crippen LogP contribution is 2.22. The first-order valence-corrected chi connectivity index (χ1v) is 5.18. The number of ether oxygens (including phenoxy) is 1. The molecule has 3 nitrogen and oxygen atoms in total. The fourth-order valence-electron chi connectivity index (χ4n) is 1.57. The van der Waals surface area contributed by atoms with Crippen LogP contribution in [-0.4, -0.2) is 18.2 Å². The molecule has 0 aromatic heterocycles. The summed E-state index contributed by atoms with van der Waals surface area (Å²) in [5.41, 5.74) is 2.57. The van der Waals surface area contributed by atoms with Crippen LogP contribution in [0.3, 0.4) is 0 Å². The van der Waals surface area contributed by atoms with Gasteiger partial charge in [0.05, 0.1) is 11.6 Å². The van der Waals surface area contributed by atoms with E-state index in [1.54, 1.807) is 0 Å². The Bertz CT molecular complexity index is 188. The minimum atomic E-state index is -0.222. The van der Waals surface area contributed by atoms with Gasteiger partial charge in [-0.3, -0.25) is 11.3 Å². The largest absolute Gasteiger partial charge is 0.374 e. The summed E-state index contributed by atoms with van der Waals surface area (Å²) < 4.78 is 5.72. The molecule has 2 atom stereocenters. The highest BCUT2D eigenvalue weighted by atomic mass is 16.5. The molecule has 0 spiro atoms. The molecule has 82 valence electrons. The Hall–Kier alpha value is -0.560. The van der Waals surface area contributed by atoms with Crippen molar-refractivity contribution in [2.24, 2.45) is 5.84 Å². The van der Waals surface area contributed by atoms with Crippen LogP contribution in [0, 0.1) is 12.3 Å². The van der Waals surface area contributed by atoms with Crippen molar-refractivity contribution in [3.05, 3.63) is 0 Å². The van der Waals surface area contributed by atoms with Gasteiger partial charge in [-0.25, -0.2) is 0 Å². The van der Waals surface area contributed by atoms with Crippen molar-refractivity contribution in [3.8, 4) is 12.3 Å². The van der Waals surface area contributed by atoms with Crippen LogP contribution in [0.2, 0.25) is 0 Å². The molecule has 0 bridgehead atoms. The van der Waals surface area contributed by atoms with E-state index in [9.17, 15) is 0 Å². The van der Waals surface area contributed by atoms with Gasteiger partial charge in [0.1, 0.15) is 0 Å². The van der Waals surface area contributed by atoms with Crippen LogP contribution in [-0.2, 0) is 4.74 Å². The average molecular weight is 198 g/mol. The molecule has 0 aromatic carbocycles. The normalized spacial score (nSPS) is 17.1. The Balaban J connectivity index is 4.35. The van der Waals surface area contributed by atoms with Crippen LogP contribution < -0.4 is 11.3 Å². The predicted molar refractivity (Wildman–Crippen MR) is 59.5 cm³/mol. The lowest BCUT2D eigenvalue weighted by Gasteiger charge is -2.36. The van der Waals surface area contributed by atoms with E-state index in [4.69, 9.17) is 17.0 Å². The average Bonchev–Trinajstić information content (AvgIpc) is 2.19. The lowest BCUT2D eigenvalue weighted by Crippen LogP contribution is -2.52. The highest BCUT2D eigenvalue weighted by Gasteiger charge is 2.31. The Labute approximate surface area is 87.4 Å². The van der Waals surface area contributed by atoms with Gasteiger partial charge in [-0.15, -0.1) is 12.3 Å². The molecule has 0 aliphatic rings. The molecule has 0 saturated carbocycles. The summed E-state index contributed by atoms with van der Waals surface area (Å²) in [4.78, 5) is 0. The number of nitrogens with one attached hydrogen (secondary N) is 1. The quantitative estimate of drug-likeness (QED) is 0.370. The van der Waals surface area contributed by atoms with E-state index in [1.807, 2.05) is 6.92 Å². The lowest BCUT2D eigenvalue weighted by molar-refractivity contribution is -0.0567. The highest BCUT2D eigenvalue weighted by molar-refractivity contribution is 4.92. The third-order valence-electron chi connectivity index (χ3n) is 2.69. The maximum atomic E-state index is 5.72. The number of rotatable bonds is 7. The van der Waals surface area contributed by atoms with Crippen molar-refractivity contribution < 1.29 is 4.74 Å². The number of nitrogens with two attached hydrogens (primary N) is 1. The van der Waals surface area contributed by atoms with Crippen LogP contribution in [0.1, 0.15) is 40.0 Å². The molecule has 0 fully saturated rings. The molecule has 0 saturated heterocycles. The Morgan fingerprint density at radius 3 is 2.57 bits per heavy atom. The van der Waals surface area contributed by atoms with E-state index in [2.05, 4.69) is 25.2 Å². The van der Waals surface area contributed by atoms with Gasteiger partial charge in [0.2, 0.25) is 0 Å². The van der Waals surface area contributed by atoms with E-state index in [1.165, 1.54) is 0 Å². The van der Waals surface area contributed by atoms with E-state index in [0.717, 1.165) is 19.3 Å². The molecule has 0 aliphatic carbocycles. The topological polar surface area (TPSA) is 47.3 Å². The van der Waals surface area contributed by atoms with Gasteiger partial charge in [0.15, 0.2) is 0 Å². The van der Waals surface area contributed by atoms with Crippen molar-refractivity contribution in [1.82, 2.24) is 5.43 Å². The number of hydrazine groups is 1. The summed E-state index contributed by atoms with van der Waals surface area (Å²) in [5, 5.41) is 0. The summed E-state index contributed by atoms with van der Waals surface area (Å²) in [7, 11) is 0. The third kappa shape index (κ3) is 3.67. The van der Waals surface area contributed by atoms with Gasteiger partial charge in [-0.1, -0.05) is 6.92 Å². The Morgan fingerprint density at radius 1 is 1.57 bits per heavy atom. The van der Waals surface area contributed by atoms with Crippen LogP contribution in [0.25, 0.3) is 0 Å². The first-order chi connectivity index (χ1) is 6.64. The fraction of sp³-hybridized carbons (Fsp3) is 0.818. The van der Waals surface area contributed by atoms with Crippen molar-refractivity contribution in [2.45, 2.75) is 51.7 Å². The predicted octanol–water partition coefficient (Wildman–Crippen LogP) is 1.44. The molecule has 0 aromatic rings. The van der Waals surface area contributed by atoms with Gasteiger partial charge in [0, 0.05) is 13.0 Å². The summed E-state index contributed by atoms with van der Waals surface area (Å²) in [6, 6.07) is 0.114. The van der Waals surface area contributed by atoms with Crippen molar-refractivity contribution in [1.29, 1.82) is 0 Å². The van der Waals surface area contributed by atoms with E-state index < -0.39 is 0 Å². The van der Waals surface area contributed by atoms with Gasteiger partial charge in [-0.05, 0) is 26.7 Å². The lowest BCUT2D eigenvalue weighted by atomic mass is 9.90. The second kappa shape index (κ2) is 6.83. The third-order valence-corrected chi connectivity index (χ3v) is 2.69. The van der Waals surface area contributed by atoms with Gasteiger partial charge < -0.3 is 4.74 Å². The second-order valence-corrected chi connectivity index (χ2v) is 3.56. The molecular formula is C11H22N2O. The zero-order chi connectivity index (χ0) is 11.0. The van der Waals surface area contributed by atoms with Crippen molar-refractivity contribution in [2.75, 3.05) is 6.61 Å².